The second kappa shape index (κ2) is 8.70. The number of hydrogen-bond donors (Lipinski definition) is 1. The van der Waals surface area contributed by atoms with Crippen molar-refractivity contribution in [1.29, 1.82) is 0 Å². The van der Waals surface area contributed by atoms with Gasteiger partial charge in [-0.3, -0.25) is 14.2 Å². The number of ether oxygens (including phenoxy) is 3. The van der Waals surface area contributed by atoms with Gasteiger partial charge in [0.05, 0.1) is 12.7 Å². The molecule has 3 heterocycles. The van der Waals surface area contributed by atoms with Crippen molar-refractivity contribution in [3.05, 3.63) is 16.7 Å². The predicted molar refractivity (Wildman–Crippen MR) is 101 cm³/mol. The number of nitrogen functional groups attached to an aromatic ring is 1. The van der Waals surface area contributed by atoms with Crippen molar-refractivity contribution in [2.75, 3.05) is 5.73 Å². The number of nitrogens with zero attached hydrogens (tertiary/aromatic N) is 4. The number of halogens is 4. The van der Waals surface area contributed by atoms with Crippen LogP contribution in [0.5, 0.6) is 0 Å². The van der Waals surface area contributed by atoms with Gasteiger partial charge in [0.2, 0.25) is 12.1 Å². The fourth-order valence-corrected chi connectivity index (χ4v) is 3.46. The van der Waals surface area contributed by atoms with E-state index in [1.54, 1.807) is 0 Å². The van der Waals surface area contributed by atoms with Crippen LogP contribution in [-0.2, 0) is 30.3 Å². The van der Waals surface area contributed by atoms with Crippen LogP contribution in [0.3, 0.4) is 0 Å². The van der Waals surface area contributed by atoms with E-state index in [0.717, 1.165) is 17.7 Å². The van der Waals surface area contributed by atoms with Crippen molar-refractivity contribution in [1.82, 2.24) is 19.1 Å². The van der Waals surface area contributed by atoms with E-state index in [1.165, 1.54) is 0 Å². The Morgan fingerprint density at radius 3 is 2.58 bits per heavy atom. The molecule has 178 valence electrons. The average Bonchev–Trinajstić information content (AvgIpc) is 3.13. The molecule has 0 aliphatic carbocycles. The number of aromatic nitrogens is 4. The van der Waals surface area contributed by atoms with Gasteiger partial charge in [0.1, 0.15) is 11.6 Å². The molecule has 1 fully saturated rings. The van der Waals surface area contributed by atoms with Gasteiger partial charge in [-0.15, -0.1) is 6.42 Å². The minimum atomic E-state index is -5.24. The molecule has 4 unspecified atom stereocenters. The van der Waals surface area contributed by atoms with Crippen LogP contribution in [0.15, 0.2) is 11.0 Å². The smallest absolute Gasteiger partial charge is 0.428 e. The molecule has 2 N–H and O–H groups in total. The van der Waals surface area contributed by atoms with Gasteiger partial charge in [-0.2, -0.15) is 18.2 Å². The van der Waals surface area contributed by atoms with Crippen LogP contribution in [0.25, 0.3) is 11.2 Å². The van der Waals surface area contributed by atoms with Gasteiger partial charge in [-0.25, -0.2) is 18.7 Å². The Balaban J connectivity index is 2.20. The minimum Gasteiger partial charge on any atom is -0.454 e. The highest BCUT2D eigenvalue weighted by molar-refractivity contribution is 5.72. The van der Waals surface area contributed by atoms with E-state index in [9.17, 15) is 27.6 Å². The first kappa shape index (κ1) is 24.0. The molecule has 5 atom stereocenters. The number of rotatable bonds is 5. The Morgan fingerprint density at radius 2 is 2.03 bits per heavy atom. The normalized spacial score (nSPS) is 23.8. The maximum Gasteiger partial charge on any atom is 0.428 e. The molecule has 33 heavy (non-hydrogen) atoms. The number of imidazole rings is 1. The van der Waals surface area contributed by atoms with Crippen molar-refractivity contribution in [2.45, 2.75) is 57.3 Å². The van der Waals surface area contributed by atoms with Gasteiger partial charge in [0.15, 0.2) is 24.2 Å². The predicted octanol–water partition coefficient (Wildman–Crippen LogP) is 0.470. The summed E-state index contributed by atoms with van der Waals surface area (Å²) in [6.07, 6.45) is -11.0. The molecule has 15 heteroatoms. The zero-order chi connectivity index (χ0) is 24.7. The lowest BCUT2D eigenvalue weighted by Crippen LogP contribution is -2.47. The van der Waals surface area contributed by atoms with E-state index in [2.05, 4.69) is 20.6 Å². The molecule has 0 saturated carbocycles. The van der Waals surface area contributed by atoms with Gasteiger partial charge in [0, 0.05) is 13.8 Å². The van der Waals surface area contributed by atoms with Gasteiger partial charge < -0.3 is 19.9 Å². The highest BCUT2D eigenvalue weighted by Crippen LogP contribution is 2.41. The molecular weight excluding hydrogens is 458 g/mol. The largest absolute Gasteiger partial charge is 0.454 e. The first-order chi connectivity index (χ1) is 15.4. The Hall–Kier alpha value is -3.67. The molecule has 1 aliphatic heterocycles. The van der Waals surface area contributed by atoms with Gasteiger partial charge >= 0.3 is 23.8 Å². The molecular formula is C18H17F4N5O6. The summed E-state index contributed by atoms with van der Waals surface area (Å²) < 4.78 is 71.9. The van der Waals surface area contributed by atoms with Crippen molar-refractivity contribution in [2.24, 2.45) is 0 Å². The topological polar surface area (TPSA) is 141 Å². The molecule has 2 aromatic rings. The minimum absolute atomic E-state index is 0.0172. The summed E-state index contributed by atoms with van der Waals surface area (Å²) in [6.45, 7) is 1.27. The molecule has 0 radical (unpaired) electrons. The van der Waals surface area contributed by atoms with E-state index in [-0.39, 0.29) is 23.7 Å². The van der Waals surface area contributed by atoms with E-state index in [4.69, 9.17) is 21.6 Å². The Labute approximate surface area is 182 Å². The summed E-state index contributed by atoms with van der Waals surface area (Å²) in [6, 6.07) is 0. The fourth-order valence-electron chi connectivity index (χ4n) is 3.46. The maximum atomic E-state index is 15.2. The van der Waals surface area contributed by atoms with E-state index >= 15 is 4.39 Å². The summed E-state index contributed by atoms with van der Waals surface area (Å²) in [7, 11) is 0. The van der Waals surface area contributed by atoms with E-state index < -0.39 is 54.5 Å². The van der Waals surface area contributed by atoms with Crippen molar-refractivity contribution in [3.8, 4) is 12.3 Å². The Bertz CT molecular complexity index is 1190. The zero-order valence-electron chi connectivity index (χ0n) is 17.1. The van der Waals surface area contributed by atoms with E-state index in [0.29, 0.717) is 11.5 Å². The van der Waals surface area contributed by atoms with E-state index in [1.807, 2.05) is 0 Å². The van der Waals surface area contributed by atoms with Gasteiger partial charge in [-0.1, -0.05) is 5.92 Å². The van der Waals surface area contributed by atoms with Crippen molar-refractivity contribution >= 4 is 29.1 Å². The lowest BCUT2D eigenvalue weighted by molar-refractivity contribution is -0.252. The number of carbonyl (C=O) groups is 2. The molecule has 1 aliphatic rings. The maximum absolute atomic E-state index is 15.2. The lowest BCUT2D eigenvalue weighted by atomic mass is 10.1. The van der Waals surface area contributed by atoms with Crippen LogP contribution in [0.1, 0.15) is 20.1 Å². The highest BCUT2D eigenvalue weighted by atomic mass is 19.4. The Morgan fingerprint density at radius 1 is 1.36 bits per heavy atom. The number of esters is 2. The van der Waals surface area contributed by atoms with Crippen LogP contribution < -0.4 is 11.4 Å². The molecule has 1 saturated heterocycles. The Kier molecular flexibility index (Phi) is 6.32. The molecule has 2 aromatic heterocycles. The quantitative estimate of drug-likeness (QED) is 0.371. The molecule has 3 rings (SSSR count). The van der Waals surface area contributed by atoms with Crippen molar-refractivity contribution < 1.29 is 41.4 Å². The fraction of sp³-hybridized carbons (Fsp3) is 0.500. The standard InChI is InChI=1S/C18H17F4N5O6/c1-4-5-26-9-6-24-16(23)25-14(9)27(17(26)30)15-12(31-7(2)28)10(19)11(33-15)13(18(20,21)22)32-8(3)29/h1,6,10-13,15H,5H2,2-3H3,(H2,23,24,25)/t10?,11?,12?,13-,15?/m1/s1. The SMILES string of the molecule is C#CCn1c(=O)n(C2OC([C@@H](OC(C)=O)C(F)(F)F)C(F)C2OC(C)=O)c2nc(N)ncc21. The van der Waals surface area contributed by atoms with Crippen LogP contribution >= 0.6 is 0 Å². The van der Waals surface area contributed by atoms with Crippen molar-refractivity contribution in [3.63, 3.8) is 0 Å². The average molecular weight is 475 g/mol. The lowest BCUT2D eigenvalue weighted by Gasteiger charge is -2.26. The number of hydrogen-bond acceptors (Lipinski definition) is 9. The number of nitrogens with two attached hydrogens (primary N) is 1. The van der Waals surface area contributed by atoms with Crippen LogP contribution in [-0.4, -0.2) is 61.7 Å². The summed E-state index contributed by atoms with van der Waals surface area (Å²) >= 11 is 0. The molecule has 0 bridgehead atoms. The molecule has 0 amide bonds. The van der Waals surface area contributed by atoms with Crippen LogP contribution in [0.4, 0.5) is 23.5 Å². The first-order valence-electron chi connectivity index (χ1n) is 9.24. The molecule has 11 nitrogen and oxygen atoms in total. The third-order valence-corrected chi connectivity index (χ3v) is 4.65. The second-order valence-electron chi connectivity index (χ2n) is 6.96. The third kappa shape index (κ3) is 4.46. The first-order valence-corrected chi connectivity index (χ1v) is 9.24. The molecule has 0 aromatic carbocycles. The zero-order valence-corrected chi connectivity index (χ0v) is 17.1. The monoisotopic (exact) mass is 475 g/mol. The van der Waals surface area contributed by atoms with Crippen LogP contribution in [0.2, 0.25) is 0 Å². The summed E-state index contributed by atoms with van der Waals surface area (Å²) in [5, 5.41) is 0. The number of fused-ring (bicyclic) bond motifs is 1. The third-order valence-electron chi connectivity index (χ3n) is 4.65. The second-order valence-corrected chi connectivity index (χ2v) is 6.96. The summed E-state index contributed by atoms with van der Waals surface area (Å²) in [5.41, 5.74) is 4.36. The number of alkyl halides is 4. The summed E-state index contributed by atoms with van der Waals surface area (Å²) in [5.74, 6) is -0.534. The number of carbonyl (C=O) groups excluding carboxylic acids is 2. The number of anilines is 1. The number of terminal acetylenes is 1. The highest BCUT2D eigenvalue weighted by Gasteiger charge is 2.60. The van der Waals surface area contributed by atoms with Crippen LogP contribution in [0, 0.1) is 12.3 Å². The van der Waals surface area contributed by atoms with Gasteiger partial charge in [0.25, 0.3) is 0 Å². The summed E-state index contributed by atoms with van der Waals surface area (Å²) in [4.78, 5) is 43.4. The van der Waals surface area contributed by atoms with Gasteiger partial charge in [-0.05, 0) is 0 Å². The molecule has 0 spiro atoms.